The van der Waals surface area contributed by atoms with Crippen molar-refractivity contribution >= 4 is 21.9 Å². The van der Waals surface area contributed by atoms with E-state index in [1.165, 1.54) is 0 Å². The van der Waals surface area contributed by atoms with Gasteiger partial charge < -0.3 is 10.1 Å². The van der Waals surface area contributed by atoms with Crippen LogP contribution in [-0.2, 0) is 9.53 Å². The average Bonchev–Trinajstić information content (AvgIpc) is 2.22. The molecular weight excluding hydrogens is 258 g/mol. The van der Waals surface area contributed by atoms with Gasteiger partial charge in [0, 0.05) is 4.47 Å². The van der Waals surface area contributed by atoms with E-state index in [2.05, 4.69) is 21.2 Å². The molecule has 0 fully saturated rings. The van der Waals surface area contributed by atoms with Crippen LogP contribution in [0.1, 0.15) is 18.5 Å². The predicted molar refractivity (Wildman–Crippen MR) is 62.6 cm³/mol. The van der Waals surface area contributed by atoms with Crippen molar-refractivity contribution in [3.8, 4) is 0 Å². The van der Waals surface area contributed by atoms with E-state index in [0.29, 0.717) is 6.61 Å². The van der Waals surface area contributed by atoms with E-state index in [1.807, 2.05) is 24.3 Å². The minimum Gasteiger partial charge on any atom is -0.465 e. The van der Waals surface area contributed by atoms with Crippen molar-refractivity contribution in [2.45, 2.75) is 13.0 Å². The number of halogens is 1. The first-order valence-corrected chi connectivity index (χ1v) is 5.57. The Bertz CT molecular complexity index is 324. The topological polar surface area (TPSA) is 38.3 Å². The summed E-state index contributed by atoms with van der Waals surface area (Å²) < 4.78 is 5.96. The fourth-order valence-electron chi connectivity index (χ4n) is 1.30. The summed E-state index contributed by atoms with van der Waals surface area (Å²) in [6, 6.07) is 7.19. The third-order valence-electron chi connectivity index (χ3n) is 2.01. The zero-order valence-electron chi connectivity index (χ0n) is 8.79. The Kier molecular flexibility index (Phi) is 4.78. The van der Waals surface area contributed by atoms with E-state index in [9.17, 15) is 4.79 Å². The van der Waals surface area contributed by atoms with Crippen LogP contribution in [0.5, 0.6) is 0 Å². The van der Waals surface area contributed by atoms with Gasteiger partial charge in [-0.1, -0.05) is 28.1 Å². The van der Waals surface area contributed by atoms with Crippen molar-refractivity contribution in [3.63, 3.8) is 0 Å². The van der Waals surface area contributed by atoms with E-state index in [-0.39, 0.29) is 5.97 Å². The SMILES string of the molecule is CCOC(=O)C(NC)c1ccc(Br)cc1. The quantitative estimate of drug-likeness (QED) is 0.854. The van der Waals surface area contributed by atoms with Gasteiger partial charge in [-0.25, -0.2) is 4.79 Å². The maximum absolute atomic E-state index is 11.6. The van der Waals surface area contributed by atoms with E-state index in [0.717, 1.165) is 10.0 Å². The van der Waals surface area contributed by atoms with Gasteiger partial charge in [-0.05, 0) is 31.7 Å². The van der Waals surface area contributed by atoms with Crippen molar-refractivity contribution < 1.29 is 9.53 Å². The highest BCUT2D eigenvalue weighted by atomic mass is 79.9. The number of ether oxygens (including phenoxy) is 1. The summed E-state index contributed by atoms with van der Waals surface area (Å²) in [5.74, 6) is -0.248. The zero-order valence-corrected chi connectivity index (χ0v) is 10.4. The molecule has 1 aromatic carbocycles. The number of benzene rings is 1. The number of hydrogen-bond acceptors (Lipinski definition) is 3. The molecule has 0 amide bonds. The lowest BCUT2D eigenvalue weighted by atomic mass is 10.1. The summed E-state index contributed by atoms with van der Waals surface area (Å²) in [5, 5.41) is 2.93. The Balaban J connectivity index is 2.82. The van der Waals surface area contributed by atoms with Gasteiger partial charge in [-0.3, -0.25) is 0 Å². The van der Waals surface area contributed by atoms with Crippen LogP contribution < -0.4 is 5.32 Å². The lowest BCUT2D eigenvalue weighted by Gasteiger charge is -2.14. The highest BCUT2D eigenvalue weighted by molar-refractivity contribution is 9.10. The van der Waals surface area contributed by atoms with Crippen LogP contribution in [0.15, 0.2) is 28.7 Å². The van der Waals surface area contributed by atoms with Crippen LogP contribution >= 0.6 is 15.9 Å². The minimum absolute atomic E-state index is 0.248. The summed E-state index contributed by atoms with van der Waals surface area (Å²) in [5.41, 5.74) is 0.902. The molecule has 1 unspecified atom stereocenters. The first kappa shape index (κ1) is 12.2. The molecule has 1 N–H and O–H groups in total. The minimum atomic E-state index is -0.391. The second kappa shape index (κ2) is 5.88. The van der Waals surface area contributed by atoms with Gasteiger partial charge in [-0.15, -0.1) is 0 Å². The molecule has 0 aromatic heterocycles. The summed E-state index contributed by atoms with van der Waals surface area (Å²) in [6.45, 7) is 2.19. The molecule has 82 valence electrons. The molecule has 0 spiro atoms. The molecule has 0 saturated heterocycles. The van der Waals surface area contributed by atoms with Crippen molar-refractivity contribution in [1.82, 2.24) is 5.32 Å². The Morgan fingerprint density at radius 1 is 1.47 bits per heavy atom. The fourth-order valence-corrected chi connectivity index (χ4v) is 1.57. The molecule has 3 nitrogen and oxygen atoms in total. The molecule has 1 aromatic rings. The first-order chi connectivity index (χ1) is 7.19. The third kappa shape index (κ3) is 3.32. The normalized spacial score (nSPS) is 12.2. The summed E-state index contributed by atoms with van der Waals surface area (Å²) in [4.78, 5) is 11.6. The molecule has 0 saturated carbocycles. The molecule has 1 atom stereocenters. The molecule has 0 aliphatic carbocycles. The molecule has 15 heavy (non-hydrogen) atoms. The van der Waals surface area contributed by atoms with E-state index < -0.39 is 6.04 Å². The zero-order chi connectivity index (χ0) is 11.3. The number of rotatable bonds is 4. The molecular formula is C11H14BrNO2. The van der Waals surface area contributed by atoms with Gasteiger partial charge in [0.25, 0.3) is 0 Å². The maximum atomic E-state index is 11.6. The molecule has 0 radical (unpaired) electrons. The summed E-state index contributed by atoms with van der Waals surface area (Å²) in [7, 11) is 1.74. The third-order valence-corrected chi connectivity index (χ3v) is 2.54. The number of carbonyl (C=O) groups excluding carboxylic acids is 1. The monoisotopic (exact) mass is 271 g/mol. The Morgan fingerprint density at radius 2 is 2.07 bits per heavy atom. The Labute approximate surface area is 97.9 Å². The van der Waals surface area contributed by atoms with E-state index >= 15 is 0 Å². The largest absolute Gasteiger partial charge is 0.465 e. The predicted octanol–water partition coefficient (Wildman–Crippen LogP) is 2.27. The summed E-state index contributed by atoms with van der Waals surface area (Å²) >= 11 is 3.35. The van der Waals surface area contributed by atoms with Crippen LogP contribution in [0.2, 0.25) is 0 Å². The number of hydrogen-bond donors (Lipinski definition) is 1. The van der Waals surface area contributed by atoms with Gasteiger partial charge in [0.15, 0.2) is 0 Å². The van der Waals surface area contributed by atoms with Crippen molar-refractivity contribution in [3.05, 3.63) is 34.3 Å². The van der Waals surface area contributed by atoms with Gasteiger partial charge >= 0.3 is 5.97 Å². The Hall–Kier alpha value is -0.870. The first-order valence-electron chi connectivity index (χ1n) is 4.78. The van der Waals surface area contributed by atoms with Crippen LogP contribution in [-0.4, -0.2) is 19.6 Å². The van der Waals surface area contributed by atoms with Crippen LogP contribution in [0, 0.1) is 0 Å². The standard InChI is InChI=1S/C11H14BrNO2/c1-3-15-11(14)10(13-2)8-4-6-9(12)7-5-8/h4-7,10,13H,3H2,1-2H3. The molecule has 0 aliphatic rings. The van der Waals surface area contributed by atoms with Gasteiger partial charge in [-0.2, -0.15) is 0 Å². The Morgan fingerprint density at radius 3 is 2.53 bits per heavy atom. The highest BCUT2D eigenvalue weighted by Crippen LogP contribution is 2.17. The van der Waals surface area contributed by atoms with Crippen LogP contribution in [0.4, 0.5) is 0 Å². The fraction of sp³-hybridized carbons (Fsp3) is 0.364. The number of esters is 1. The second-order valence-electron chi connectivity index (χ2n) is 3.03. The molecule has 0 aliphatic heterocycles. The molecule has 4 heteroatoms. The molecule has 0 bridgehead atoms. The maximum Gasteiger partial charge on any atom is 0.327 e. The summed E-state index contributed by atoms with van der Waals surface area (Å²) in [6.07, 6.45) is 0. The van der Waals surface area contributed by atoms with Crippen molar-refractivity contribution in [1.29, 1.82) is 0 Å². The average molecular weight is 272 g/mol. The van der Waals surface area contributed by atoms with Crippen molar-refractivity contribution in [2.24, 2.45) is 0 Å². The lowest BCUT2D eigenvalue weighted by molar-refractivity contribution is -0.145. The highest BCUT2D eigenvalue weighted by Gasteiger charge is 2.19. The lowest BCUT2D eigenvalue weighted by Crippen LogP contribution is -2.27. The second-order valence-corrected chi connectivity index (χ2v) is 3.94. The van der Waals surface area contributed by atoms with Crippen LogP contribution in [0.3, 0.4) is 0 Å². The van der Waals surface area contributed by atoms with E-state index in [4.69, 9.17) is 4.74 Å². The van der Waals surface area contributed by atoms with Gasteiger partial charge in [0.2, 0.25) is 0 Å². The number of likely N-dealkylation sites (N-methyl/N-ethyl adjacent to an activating group) is 1. The number of carbonyl (C=O) groups is 1. The van der Waals surface area contributed by atoms with Crippen molar-refractivity contribution in [2.75, 3.05) is 13.7 Å². The van der Waals surface area contributed by atoms with Gasteiger partial charge in [0.05, 0.1) is 6.61 Å². The van der Waals surface area contributed by atoms with E-state index in [1.54, 1.807) is 14.0 Å². The molecule has 0 heterocycles. The number of nitrogens with one attached hydrogen (secondary N) is 1. The van der Waals surface area contributed by atoms with Gasteiger partial charge in [0.1, 0.15) is 6.04 Å². The molecule has 1 rings (SSSR count). The smallest absolute Gasteiger partial charge is 0.327 e. The van der Waals surface area contributed by atoms with Crippen LogP contribution in [0.25, 0.3) is 0 Å².